The maximum absolute atomic E-state index is 6.22. The van der Waals surface area contributed by atoms with Crippen LogP contribution in [0.2, 0.25) is 0 Å². The van der Waals surface area contributed by atoms with E-state index in [1.807, 2.05) is 11.6 Å². The summed E-state index contributed by atoms with van der Waals surface area (Å²) >= 11 is 0. The standard InChI is InChI=1S/C13H24N4O/c1-5-11-8-18-7-6-16(11)13-12(14)10(4)15-17(13)9(2)3/h9,11H,5-8,14H2,1-4H3. The number of hydrogen-bond acceptors (Lipinski definition) is 4. The van der Waals surface area contributed by atoms with Crippen molar-refractivity contribution in [2.75, 3.05) is 30.4 Å². The van der Waals surface area contributed by atoms with E-state index in [4.69, 9.17) is 10.5 Å². The van der Waals surface area contributed by atoms with E-state index in [1.54, 1.807) is 0 Å². The van der Waals surface area contributed by atoms with Gasteiger partial charge in [-0.3, -0.25) is 0 Å². The van der Waals surface area contributed by atoms with E-state index in [9.17, 15) is 0 Å². The maximum atomic E-state index is 6.22. The van der Waals surface area contributed by atoms with Gasteiger partial charge in [-0.05, 0) is 27.2 Å². The topological polar surface area (TPSA) is 56.3 Å². The summed E-state index contributed by atoms with van der Waals surface area (Å²) in [5.41, 5.74) is 7.95. The van der Waals surface area contributed by atoms with Crippen LogP contribution in [-0.4, -0.2) is 35.6 Å². The summed E-state index contributed by atoms with van der Waals surface area (Å²) in [6.07, 6.45) is 1.06. The molecule has 5 heteroatoms. The molecule has 0 spiro atoms. The predicted octanol–water partition coefficient (Wildman–Crippen LogP) is 1.97. The quantitative estimate of drug-likeness (QED) is 0.893. The Kier molecular flexibility index (Phi) is 3.80. The molecule has 2 N–H and O–H groups in total. The molecule has 0 aromatic carbocycles. The van der Waals surface area contributed by atoms with E-state index in [2.05, 4.69) is 30.8 Å². The molecule has 1 aromatic heterocycles. The molecule has 1 aromatic rings. The lowest BCUT2D eigenvalue weighted by molar-refractivity contribution is 0.0920. The van der Waals surface area contributed by atoms with E-state index in [-0.39, 0.29) is 0 Å². The Balaban J connectivity index is 2.41. The van der Waals surface area contributed by atoms with E-state index in [0.29, 0.717) is 12.1 Å². The third kappa shape index (κ3) is 2.19. The summed E-state index contributed by atoms with van der Waals surface area (Å²) < 4.78 is 7.60. The van der Waals surface area contributed by atoms with Crippen molar-refractivity contribution in [2.24, 2.45) is 0 Å². The number of hydrogen-bond donors (Lipinski definition) is 1. The Morgan fingerprint density at radius 2 is 2.22 bits per heavy atom. The van der Waals surface area contributed by atoms with Crippen molar-refractivity contribution in [1.29, 1.82) is 0 Å². The molecule has 18 heavy (non-hydrogen) atoms. The fourth-order valence-corrected chi connectivity index (χ4v) is 2.47. The van der Waals surface area contributed by atoms with Gasteiger partial charge < -0.3 is 15.4 Å². The maximum Gasteiger partial charge on any atom is 0.151 e. The monoisotopic (exact) mass is 252 g/mol. The Morgan fingerprint density at radius 3 is 2.83 bits per heavy atom. The molecular weight excluding hydrogens is 228 g/mol. The number of morpholine rings is 1. The Bertz CT molecular complexity index is 413. The molecule has 102 valence electrons. The zero-order valence-corrected chi connectivity index (χ0v) is 11.8. The van der Waals surface area contributed by atoms with Crippen molar-refractivity contribution < 1.29 is 4.74 Å². The highest BCUT2D eigenvalue weighted by Crippen LogP contribution is 2.32. The minimum absolute atomic E-state index is 0.316. The van der Waals surface area contributed by atoms with Gasteiger partial charge in [0.1, 0.15) is 0 Å². The number of rotatable bonds is 3. The van der Waals surface area contributed by atoms with Crippen molar-refractivity contribution in [3.8, 4) is 0 Å². The minimum atomic E-state index is 0.316. The SMILES string of the molecule is CCC1COCCN1c1c(N)c(C)nn1C(C)C. The van der Waals surface area contributed by atoms with Gasteiger partial charge in [-0.1, -0.05) is 6.92 Å². The van der Waals surface area contributed by atoms with Crippen LogP contribution in [0.25, 0.3) is 0 Å². The number of nitrogens with two attached hydrogens (primary N) is 1. The number of nitrogen functional groups attached to an aromatic ring is 1. The largest absolute Gasteiger partial charge is 0.394 e. The molecule has 0 bridgehead atoms. The van der Waals surface area contributed by atoms with Gasteiger partial charge in [0.25, 0.3) is 0 Å². The molecular formula is C13H24N4O. The first kappa shape index (κ1) is 13.2. The highest BCUT2D eigenvalue weighted by molar-refractivity contribution is 5.67. The lowest BCUT2D eigenvalue weighted by Gasteiger charge is -2.37. The van der Waals surface area contributed by atoms with Crippen molar-refractivity contribution in [2.45, 2.75) is 46.2 Å². The molecule has 1 fully saturated rings. The summed E-state index contributed by atoms with van der Waals surface area (Å²) in [6.45, 7) is 10.9. The van der Waals surface area contributed by atoms with E-state index >= 15 is 0 Å². The molecule has 1 saturated heterocycles. The molecule has 0 amide bonds. The Labute approximate surface area is 109 Å². The zero-order chi connectivity index (χ0) is 13.3. The second-order valence-corrected chi connectivity index (χ2v) is 5.19. The van der Waals surface area contributed by atoms with Crippen LogP contribution in [0.5, 0.6) is 0 Å². The number of nitrogens with zero attached hydrogens (tertiary/aromatic N) is 3. The van der Waals surface area contributed by atoms with Crippen molar-refractivity contribution in [1.82, 2.24) is 9.78 Å². The van der Waals surface area contributed by atoms with Gasteiger partial charge in [0, 0.05) is 12.6 Å². The lowest BCUT2D eigenvalue weighted by Crippen LogP contribution is -2.46. The first-order valence-corrected chi connectivity index (χ1v) is 6.75. The van der Waals surface area contributed by atoms with E-state index in [0.717, 1.165) is 43.4 Å². The van der Waals surface area contributed by atoms with Gasteiger partial charge in [0.2, 0.25) is 0 Å². The van der Waals surface area contributed by atoms with E-state index < -0.39 is 0 Å². The van der Waals surface area contributed by atoms with Crippen LogP contribution in [0.1, 0.15) is 38.9 Å². The molecule has 1 aliphatic heterocycles. The third-order valence-corrected chi connectivity index (χ3v) is 3.57. The van der Waals surface area contributed by atoms with Crippen LogP contribution in [0.4, 0.5) is 11.5 Å². The molecule has 0 radical (unpaired) electrons. The molecule has 1 atom stereocenters. The predicted molar refractivity (Wildman–Crippen MR) is 74.0 cm³/mol. The van der Waals surface area contributed by atoms with Crippen molar-refractivity contribution in [3.05, 3.63) is 5.69 Å². The van der Waals surface area contributed by atoms with Crippen molar-refractivity contribution in [3.63, 3.8) is 0 Å². The minimum Gasteiger partial charge on any atom is -0.394 e. The average molecular weight is 252 g/mol. The van der Waals surface area contributed by atoms with Crippen LogP contribution in [0.15, 0.2) is 0 Å². The van der Waals surface area contributed by atoms with Gasteiger partial charge in [0.05, 0.1) is 30.6 Å². The molecule has 0 saturated carbocycles. The summed E-state index contributed by atoms with van der Waals surface area (Å²) in [4.78, 5) is 2.36. The molecule has 1 unspecified atom stereocenters. The van der Waals surface area contributed by atoms with Gasteiger partial charge in [0.15, 0.2) is 5.82 Å². The molecule has 2 rings (SSSR count). The summed E-state index contributed by atoms with van der Waals surface area (Å²) in [7, 11) is 0. The third-order valence-electron chi connectivity index (χ3n) is 3.57. The molecule has 5 nitrogen and oxygen atoms in total. The first-order chi connectivity index (χ1) is 8.56. The number of aryl methyl sites for hydroxylation is 1. The summed E-state index contributed by atoms with van der Waals surface area (Å²) in [6, 6.07) is 0.714. The number of anilines is 2. The second-order valence-electron chi connectivity index (χ2n) is 5.19. The van der Waals surface area contributed by atoms with Gasteiger partial charge >= 0.3 is 0 Å². The van der Waals surface area contributed by atoms with Gasteiger partial charge in [-0.2, -0.15) is 5.10 Å². The van der Waals surface area contributed by atoms with Gasteiger partial charge in [-0.25, -0.2) is 4.68 Å². The number of aromatic nitrogens is 2. The zero-order valence-electron chi connectivity index (χ0n) is 11.8. The highest BCUT2D eigenvalue weighted by Gasteiger charge is 2.28. The number of ether oxygens (including phenoxy) is 1. The Hall–Kier alpha value is -1.23. The van der Waals surface area contributed by atoms with Crippen LogP contribution in [0.3, 0.4) is 0 Å². The average Bonchev–Trinajstić information content (AvgIpc) is 2.66. The highest BCUT2D eigenvalue weighted by atomic mass is 16.5. The Morgan fingerprint density at radius 1 is 1.50 bits per heavy atom. The van der Waals surface area contributed by atoms with E-state index in [1.165, 1.54) is 0 Å². The first-order valence-electron chi connectivity index (χ1n) is 6.75. The smallest absolute Gasteiger partial charge is 0.151 e. The van der Waals surface area contributed by atoms with Crippen LogP contribution in [-0.2, 0) is 4.74 Å². The lowest BCUT2D eigenvalue weighted by atomic mass is 10.1. The summed E-state index contributed by atoms with van der Waals surface area (Å²) in [5, 5.41) is 4.56. The molecule has 2 heterocycles. The molecule has 1 aliphatic rings. The van der Waals surface area contributed by atoms with Crippen LogP contribution >= 0.6 is 0 Å². The summed E-state index contributed by atoms with van der Waals surface area (Å²) in [5.74, 6) is 1.07. The fourth-order valence-electron chi connectivity index (χ4n) is 2.47. The van der Waals surface area contributed by atoms with Crippen LogP contribution < -0.4 is 10.6 Å². The van der Waals surface area contributed by atoms with Crippen LogP contribution in [0, 0.1) is 6.92 Å². The second kappa shape index (κ2) is 5.18. The fraction of sp³-hybridized carbons (Fsp3) is 0.769. The normalized spacial score (nSPS) is 20.7. The van der Waals surface area contributed by atoms with Crippen molar-refractivity contribution >= 4 is 11.5 Å². The molecule has 0 aliphatic carbocycles. The van der Waals surface area contributed by atoms with Gasteiger partial charge in [-0.15, -0.1) is 0 Å².